The first-order valence-electron chi connectivity index (χ1n) is 12.3. The van der Waals surface area contributed by atoms with Crippen molar-refractivity contribution in [2.75, 3.05) is 0 Å². The number of halogens is 2. The van der Waals surface area contributed by atoms with Gasteiger partial charge in [-0.25, -0.2) is 8.78 Å². The number of benzene rings is 2. The number of rotatable bonds is 9. The van der Waals surface area contributed by atoms with E-state index in [0.717, 1.165) is 30.7 Å². The van der Waals surface area contributed by atoms with Crippen LogP contribution in [0.25, 0.3) is 11.1 Å². The summed E-state index contributed by atoms with van der Waals surface area (Å²) in [5.41, 5.74) is 3.14. The van der Waals surface area contributed by atoms with Crippen LogP contribution >= 0.6 is 0 Å². The van der Waals surface area contributed by atoms with E-state index in [2.05, 4.69) is 19.1 Å². The van der Waals surface area contributed by atoms with Crippen molar-refractivity contribution in [3.8, 4) is 16.9 Å². The van der Waals surface area contributed by atoms with Crippen LogP contribution in [-0.4, -0.2) is 6.10 Å². The minimum absolute atomic E-state index is 0.198. The van der Waals surface area contributed by atoms with Gasteiger partial charge in [0.05, 0.1) is 6.10 Å². The van der Waals surface area contributed by atoms with Crippen LogP contribution in [-0.2, 0) is 5.41 Å². The van der Waals surface area contributed by atoms with Gasteiger partial charge in [-0.05, 0) is 98.4 Å². The molecule has 1 nitrogen and oxygen atoms in total. The molecule has 0 aromatic heterocycles. The first kappa shape index (κ1) is 22.3. The number of ether oxygens (including phenoxy) is 1. The third kappa shape index (κ3) is 4.96. The molecule has 3 saturated carbocycles. The molecule has 2 bridgehead atoms. The van der Waals surface area contributed by atoms with Crippen LogP contribution in [0.15, 0.2) is 36.4 Å². The van der Waals surface area contributed by atoms with Gasteiger partial charge in [0.1, 0.15) is 0 Å². The van der Waals surface area contributed by atoms with Gasteiger partial charge in [0.15, 0.2) is 17.4 Å². The fourth-order valence-electron chi connectivity index (χ4n) is 5.66. The first-order valence-corrected chi connectivity index (χ1v) is 12.3. The maximum absolute atomic E-state index is 14.7. The zero-order valence-corrected chi connectivity index (χ0v) is 19.1. The molecular weight excluding hydrogens is 390 g/mol. The molecule has 5 rings (SSSR count). The molecule has 2 aromatic rings. The molecule has 0 spiro atoms. The van der Waals surface area contributed by atoms with Gasteiger partial charge in [-0.2, -0.15) is 0 Å². The van der Waals surface area contributed by atoms with Gasteiger partial charge in [0.25, 0.3) is 0 Å². The summed E-state index contributed by atoms with van der Waals surface area (Å²) in [6.07, 6.45) is 13.0. The van der Waals surface area contributed by atoms with E-state index in [0.29, 0.717) is 11.0 Å². The zero-order chi connectivity index (χ0) is 21.8. The Bertz CT molecular complexity index is 828. The summed E-state index contributed by atoms with van der Waals surface area (Å²) in [6.45, 7) is 4.05. The molecule has 1 unspecified atom stereocenters. The molecule has 0 heterocycles. The van der Waals surface area contributed by atoms with Gasteiger partial charge in [-0.1, -0.05) is 50.5 Å². The average Bonchev–Trinajstić information content (AvgIpc) is 2.80. The predicted molar refractivity (Wildman–Crippen MR) is 124 cm³/mol. The molecule has 31 heavy (non-hydrogen) atoms. The number of unbranched alkanes of at least 4 members (excludes halogenated alkanes) is 3. The molecule has 0 aliphatic heterocycles. The fourth-order valence-corrected chi connectivity index (χ4v) is 5.66. The Kier molecular flexibility index (Phi) is 6.99. The Morgan fingerprint density at radius 1 is 0.903 bits per heavy atom. The number of hydrogen-bond donors (Lipinski definition) is 0. The molecule has 0 amide bonds. The highest BCUT2D eigenvalue weighted by atomic mass is 19.1. The smallest absolute Gasteiger partial charge is 0.191 e. The summed E-state index contributed by atoms with van der Waals surface area (Å²) < 4.78 is 35.1. The predicted octanol–water partition coefficient (Wildman–Crippen LogP) is 8.59. The summed E-state index contributed by atoms with van der Waals surface area (Å²) in [6, 6.07) is 11.2. The highest BCUT2D eigenvalue weighted by Crippen LogP contribution is 2.51. The van der Waals surface area contributed by atoms with Crippen LogP contribution in [0, 0.1) is 17.6 Å². The van der Waals surface area contributed by atoms with E-state index in [1.165, 1.54) is 69.1 Å². The Labute approximate surface area is 186 Å². The maximum atomic E-state index is 14.7. The molecule has 0 radical (unpaired) electrons. The van der Waals surface area contributed by atoms with Crippen molar-refractivity contribution in [3.63, 3.8) is 0 Å². The summed E-state index contributed by atoms with van der Waals surface area (Å²) in [5.74, 6) is -0.555. The zero-order valence-electron chi connectivity index (χ0n) is 19.1. The van der Waals surface area contributed by atoms with E-state index >= 15 is 0 Å². The molecule has 3 fully saturated rings. The molecule has 3 aliphatic rings. The summed E-state index contributed by atoms with van der Waals surface area (Å²) in [4.78, 5) is 0. The molecular formula is C28H36F2O. The van der Waals surface area contributed by atoms with E-state index in [9.17, 15) is 8.78 Å². The normalized spacial score (nSPS) is 23.7. The average molecular weight is 427 g/mol. The van der Waals surface area contributed by atoms with Gasteiger partial charge in [-0.15, -0.1) is 0 Å². The van der Waals surface area contributed by atoms with Crippen LogP contribution in [0.1, 0.15) is 90.0 Å². The van der Waals surface area contributed by atoms with Crippen LogP contribution in [0.2, 0.25) is 0 Å². The van der Waals surface area contributed by atoms with Crippen molar-refractivity contribution in [2.45, 2.75) is 96.0 Å². The lowest BCUT2D eigenvalue weighted by molar-refractivity contribution is 0.136. The molecule has 0 saturated heterocycles. The van der Waals surface area contributed by atoms with E-state index in [1.807, 2.05) is 19.1 Å². The molecule has 3 heteroatoms. The van der Waals surface area contributed by atoms with Crippen molar-refractivity contribution in [1.29, 1.82) is 0 Å². The van der Waals surface area contributed by atoms with Crippen molar-refractivity contribution < 1.29 is 13.5 Å². The minimum Gasteiger partial charge on any atom is -0.485 e. The summed E-state index contributed by atoms with van der Waals surface area (Å²) in [5, 5.41) is 0. The van der Waals surface area contributed by atoms with E-state index < -0.39 is 11.6 Å². The number of hydrogen-bond acceptors (Lipinski definition) is 1. The van der Waals surface area contributed by atoms with E-state index in [4.69, 9.17) is 4.74 Å². The molecule has 3 aliphatic carbocycles. The number of fused-ring (bicyclic) bond motifs is 3. The molecule has 0 N–H and O–H groups in total. The van der Waals surface area contributed by atoms with Crippen LogP contribution in [0.5, 0.6) is 5.75 Å². The monoisotopic (exact) mass is 426 g/mol. The van der Waals surface area contributed by atoms with Crippen LogP contribution < -0.4 is 4.74 Å². The highest BCUT2D eigenvalue weighted by Gasteiger charge is 2.41. The molecule has 1 atom stereocenters. The topological polar surface area (TPSA) is 9.23 Å². The van der Waals surface area contributed by atoms with Crippen molar-refractivity contribution in [3.05, 3.63) is 53.6 Å². The standard InChI is InChI=1S/C28H36F2O/c1-3-4-5-6-7-20(2)31-27-25(29)18-23(19-26(27)30)22-8-10-24(11-9-22)28-15-12-21(13-16-28)14-17-28/h8-11,18-21H,3-7,12-17H2,1-2H3. The Hall–Kier alpha value is -1.90. The second kappa shape index (κ2) is 9.71. The summed E-state index contributed by atoms with van der Waals surface area (Å²) in [7, 11) is 0. The second-order valence-electron chi connectivity index (χ2n) is 9.89. The Morgan fingerprint density at radius 2 is 1.52 bits per heavy atom. The van der Waals surface area contributed by atoms with Gasteiger partial charge >= 0.3 is 0 Å². The van der Waals surface area contributed by atoms with Crippen molar-refractivity contribution >= 4 is 0 Å². The lowest BCUT2D eigenvalue weighted by atomic mass is 9.58. The summed E-state index contributed by atoms with van der Waals surface area (Å²) >= 11 is 0. The first-order chi connectivity index (χ1) is 15.0. The lowest BCUT2D eigenvalue weighted by Gasteiger charge is -2.47. The van der Waals surface area contributed by atoms with Gasteiger partial charge in [-0.3, -0.25) is 0 Å². The molecule has 2 aromatic carbocycles. The minimum atomic E-state index is -0.622. The second-order valence-corrected chi connectivity index (χ2v) is 9.89. The van der Waals surface area contributed by atoms with Crippen LogP contribution in [0.3, 0.4) is 0 Å². The SMILES string of the molecule is CCCCCCC(C)Oc1c(F)cc(-c2ccc(C34CCC(CC3)CC4)cc2)cc1F. The maximum Gasteiger partial charge on any atom is 0.191 e. The largest absolute Gasteiger partial charge is 0.485 e. The van der Waals surface area contributed by atoms with E-state index in [-0.39, 0.29) is 11.9 Å². The van der Waals surface area contributed by atoms with Gasteiger partial charge in [0, 0.05) is 0 Å². The Balaban J connectivity index is 1.45. The third-order valence-electron chi connectivity index (χ3n) is 7.71. The highest BCUT2D eigenvalue weighted by molar-refractivity contribution is 5.65. The van der Waals surface area contributed by atoms with Crippen LogP contribution in [0.4, 0.5) is 8.78 Å². The fraction of sp³-hybridized carbons (Fsp3) is 0.571. The van der Waals surface area contributed by atoms with E-state index in [1.54, 1.807) is 0 Å². The van der Waals surface area contributed by atoms with Crippen molar-refractivity contribution in [2.24, 2.45) is 5.92 Å². The van der Waals surface area contributed by atoms with Gasteiger partial charge < -0.3 is 4.74 Å². The Morgan fingerprint density at radius 3 is 2.10 bits per heavy atom. The quantitative estimate of drug-likeness (QED) is 0.365. The third-order valence-corrected chi connectivity index (χ3v) is 7.71. The molecule has 168 valence electrons. The lowest BCUT2D eigenvalue weighted by Crippen LogP contribution is -2.37. The van der Waals surface area contributed by atoms with Gasteiger partial charge in [0.2, 0.25) is 0 Å². The van der Waals surface area contributed by atoms with Crippen molar-refractivity contribution in [1.82, 2.24) is 0 Å².